The van der Waals surface area contributed by atoms with Crippen LogP contribution < -0.4 is 0 Å². The van der Waals surface area contributed by atoms with Crippen molar-refractivity contribution < 1.29 is 13.2 Å². The number of carbonyl (C=O) groups is 1. The number of sulfonamides is 1. The molecule has 1 saturated heterocycles. The summed E-state index contributed by atoms with van der Waals surface area (Å²) in [7, 11) is -3.56. The summed E-state index contributed by atoms with van der Waals surface area (Å²) in [5, 5.41) is 6.82. The van der Waals surface area contributed by atoms with Crippen LogP contribution in [0.4, 0.5) is 0 Å². The first-order valence-electron chi connectivity index (χ1n) is 11.4. The van der Waals surface area contributed by atoms with Crippen LogP contribution in [0.5, 0.6) is 0 Å². The summed E-state index contributed by atoms with van der Waals surface area (Å²) in [6, 6.07) is 10.3. The Morgan fingerprint density at radius 1 is 1.12 bits per heavy atom. The van der Waals surface area contributed by atoms with Crippen molar-refractivity contribution in [2.24, 2.45) is 11.3 Å². The van der Waals surface area contributed by atoms with Crippen LogP contribution in [0, 0.1) is 25.2 Å². The molecular formula is C24H30N4O3S. The second kappa shape index (κ2) is 7.85. The molecule has 1 amide bonds. The third-order valence-corrected chi connectivity index (χ3v) is 9.69. The largest absolute Gasteiger partial charge is 0.338 e. The minimum Gasteiger partial charge on any atom is -0.338 e. The smallest absolute Gasteiger partial charge is 0.246 e. The lowest BCUT2D eigenvalue weighted by molar-refractivity contribution is -0.133. The summed E-state index contributed by atoms with van der Waals surface area (Å²) < 4.78 is 27.8. The van der Waals surface area contributed by atoms with Gasteiger partial charge in [0, 0.05) is 32.1 Å². The molecule has 1 atom stereocenters. The third-order valence-electron chi connectivity index (χ3n) is 7.53. The van der Waals surface area contributed by atoms with Crippen LogP contribution in [0.1, 0.15) is 42.6 Å². The monoisotopic (exact) mass is 454 g/mol. The second-order valence-corrected chi connectivity index (χ2v) is 11.3. The summed E-state index contributed by atoms with van der Waals surface area (Å²) >= 11 is 0. The Hall–Kier alpha value is -2.45. The molecule has 1 N–H and O–H groups in total. The maximum atomic E-state index is 13.2. The summed E-state index contributed by atoms with van der Waals surface area (Å²) in [5.41, 5.74) is 3.61. The number of H-pyrrole nitrogens is 1. The van der Waals surface area contributed by atoms with Crippen LogP contribution in [0.15, 0.2) is 41.3 Å². The lowest BCUT2D eigenvalue weighted by Gasteiger charge is -2.33. The van der Waals surface area contributed by atoms with E-state index in [-0.39, 0.29) is 17.2 Å². The van der Waals surface area contributed by atoms with Gasteiger partial charge >= 0.3 is 0 Å². The minimum absolute atomic E-state index is 0.0208. The molecule has 5 rings (SSSR count). The van der Waals surface area contributed by atoms with Crippen LogP contribution in [0.2, 0.25) is 0 Å². The van der Waals surface area contributed by atoms with Crippen molar-refractivity contribution in [3.63, 3.8) is 0 Å². The van der Waals surface area contributed by atoms with Gasteiger partial charge in [0.15, 0.2) is 0 Å². The average molecular weight is 455 g/mol. The van der Waals surface area contributed by atoms with Gasteiger partial charge in [-0.05, 0) is 56.1 Å². The Morgan fingerprint density at radius 2 is 1.84 bits per heavy atom. The van der Waals surface area contributed by atoms with E-state index in [0.717, 1.165) is 32.2 Å². The predicted octanol–water partition coefficient (Wildman–Crippen LogP) is 3.13. The maximum absolute atomic E-state index is 13.2. The van der Waals surface area contributed by atoms with Gasteiger partial charge in [-0.1, -0.05) is 36.4 Å². The van der Waals surface area contributed by atoms with Crippen molar-refractivity contribution in [1.29, 1.82) is 0 Å². The van der Waals surface area contributed by atoms with Gasteiger partial charge in [0.1, 0.15) is 4.90 Å². The average Bonchev–Trinajstić information content (AvgIpc) is 3.38. The standard InChI is InChI=1S/C24H30N4O3S/c1-17-22(18(2)26-25-17)32(30,31)28-14-10-24(11-15-28)16-21(24)23(29)27-12-8-20(9-13-27)19-6-4-3-5-7-19/h3-8,21H,9-16H2,1-2H3,(H,25,26). The molecule has 2 aliphatic heterocycles. The molecular weight excluding hydrogens is 424 g/mol. The Kier molecular flexibility index (Phi) is 5.25. The van der Waals surface area contributed by atoms with E-state index < -0.39 is 10.0 Å². The van der Waals surface area contributed by atoms with Crippen molar-refractivity contribution in [2.75, 3.05) is 26.2 Å². The fourth-order valence-electron chi connectivity index (χ4n) is 5.48. The summed E-state index contributed by atoms with van der Waals surface area (Å²) in [6.07, 6.45) is 5.44. The minimum atomic E-state index is -3.56. The zero-order chi connectivity index (χ0) is 22.5. The quantitative estimate of drug-likeness (QED) is 0.769. The fourth-order valence-corrected chi connectivity index (χ4v) is 7.25. The Morgan fingerprint density at radius 3 is 2.44 bits per heavy atom. The van der Waals surface area contributed by atoms with E-state index in [0.29, 0.717) is 35.9 Å². The van der Waals surface area contributed by atoms with Crippen molar-refractivity contribution in [3.8, 4) is 0 Å². The van der Waals surface area contributed by atoms with E-state index >= 15 is 0 Å². The zero-order valence-corrected chi connectivity index (χ0v) is 19.5. The molecule has 3 aliphatic rings. The van der Waals surface area contributed by atoms with Gasteiger partial charge in [-0.25, -0.2) is 8.42 Å². The van der Waals surface area contributed by atoms with E-state index in [2.05, 4.69) is 28.4 Å². The number of hydrogen-bond acceptors (Lipinski definition) is 4. The number of nitrogens with zero attached hydrogens (tertiary/aromatic N) is 3. The van der Waals surface area contributed by atoms with Crippen LogP contribution in [-0.4, -0.2) is 59.9 Å². The highest BCUT2D eigenvalue weighted by Crippen LogP contribution is 2.60. The molecule has 1 aliphatic carbocycles. The van der Waals surface area contributed by atoms with Gasteiger partial charge in [0.05, 0.1) is 11.4 Å². The molecule has 0 bridgehead atoms. The van der Waals surface area contributed by atoms with Crippen LogP contribution in [0.25, 0.3) is 5.57 Å². The molecule has 1 unspecified atom stereocenters. The first kappa shape index (κ1) is 21.4. The lowest BCUT2D eigenvalue weighted by Crippen LogP contribution is -2.42. The number of carbonyl (C=O) groups excluding carboxylic acids is 1. The third kappa shape index (κ3) is 3.59. The number of benzene rings is 1. The molecule has 1 spiro atoms. The highest BCUT2D eigenvalue weighted by Gasteiger charge is 2.60. The highest BCUT2D eigenvalue weighted by atomic mass is 32.2. The number of aryl methyl sites for hydroxylation is 2. The number of piperidine rings is 1. The van der Waals surface area contributed by atoms with Crippen molar-refractivity contribution in [3.05, 3.63) is 53.4 Å². The SMILES string of the molecule is Cc1n[nH]c(C)c1S(=O)(=O)N1CCC2(CC1)CC2C(=O)N1CC=C(c2ccccc2)CC1. The fraction of sp³-hybridized carbons (Fsp3) is 0.500. The number of aromatic nitrogens is 2. The van der Waals surface area contributed by atoms with Gasteiger partial charge in [0.2, 0.25) is 15.9 Å². The molecule has 1 saturated carbocycles. The van der Waals surface area contributed by atoms with Crippen molar-refractivity contribution >= 4 is 21.5 Å². The topological polar surface area (TPSA) is 86.4 Å². The summed E-state index contributed by atoms with van der Waals surface area (Å²) in [4.78, 5) is 15.5. The number of hydrogen-bond donors (Lipinski definition) is 1. The van der Waals surface area contributed by atoms with Gasteiger partial charge in [-0.15, -0.1) is 0 Å². The Balaban J connectivity index is 1.20. The normalized spacial score (nSPS) is 23.2. The van der Waals surface area contributed by atoms with Gasteiger partial charge in [0.25, 0.3) is 0 Å². The molecule has 0 radical (unpaired) electrons. The molecule has 7 nitrogen and oxygen atoms in total. The zero-order valence-electron chi connectivity index (χ0n) is 18.7. The molecule has 1 aromatic heterocycles. The Bertz CT molecular complexity index is 1140. The van der Waals surface area contributed by atoms with Gasteiger partial charge < -0.3 is 4.90 Å². The van der Waals surface area contributed by atoms with E-state index in [1.54, 1.807) is 18.2 Å². The maximum Gasteiger partial charge on any atom is 0.246 e. The first-order valence-corrected chi connectivity index (χ1v) is 12.8. The molecule has 3 heterocycles. The van der Waals surface area contributed by atoms with Crippen molar-refractivity contribution in [2.45, 2.75) is 44.4 Å². The molecule has 2 fully saturated rings. The number of aromatic amines is 1. The number of nitrogens with one attached hydrogen (secondary N) is 1. The summed E-state index contributed by atoms with van der Waals surface area (Å²) in [6.45, 7) is 5.81. The second-order valence-electron chi connectivity index (χ2n) is 9.42. The van der Waals surface area contributed by atoms with E-state index in [1.807, 2.05) is 23.1 Å². The highest BCUT2D eigenvalue weighted by molar-refractivity contribution is 7.89. The number of rotatable bonds is 4. The molecule has 32 heavy (non-hydrogen) atoms. The van der Waals surface area contributed by atoms with Gasteiger partial charge in [-0.2, -0.15) is 9.40 Å². The summed E-state index contributed by atoms with van der Waals surface area (Å²) in [5.74, 6) is 0.280. The van der Waals surface area contributed by atoms with Crippen LogP contribution >= 0.6 is 0 Å². The molecule has 1 aromatic carbocycles. The van der Waals surface area contributed by atoms with Crippen LogP contribution in [-0.2, 0) is 14.8 Å². The number of amides is 1. The van der Waals surface area contributed by atoms with Gasteiger partial charge in [-0.3, -0.25) is 9.89 Å². The van der Waals surface area contributed by atoms with E-state index in [4.69, 9.17) is 0 Å². The van der Waals surface area contributed by atoms with Crippen molar-refractivity contribution in [1.82, 2.24) is 19.4 Å². The van der Waals surface area contributed by atoms with E-state index in [9.17, 15) is 13.2 Å². The predicted molar refractivity (Wildman–Crippen MR) is 122 cm³/mol. The lowest BCUT2D eigenvalue weighted by atomic mass is 9.91. The Labute approximate surface area is 189 Å². The molecule has 170 valence electrons. The van der Waals surface area contributed by atoms with E-state index in [1.165, 1.54) is 11.1 Å². The first-order chi connectivity index (χ1) is 15.3. The molecule has 2 aromatic rings. The molecule has 8 heteroatoms. The van der Waals surface area contributed by atoms with Crippen LogP contribution in [0.3, 0.4) is 0 Å².